The molecule has 0 saturated carbocycles. The molecule has 2 aromatic carbocycles. The van der Waals surface area contributed by atoms with Crippen LogP contribution in [0.15, 0.2) is 36.4 Å². The molecule has 1 nitrogen and oxygen atoms in total. The minimum absolute atomic E-state index is 0.136. The summed E-state index contributed by atoms with van der Waals surface area (Å²) >= 11 is 2.11. The van der Waals surface area contributed by atoms with Gasteiger partial charge < -0.3 is 5.32 Å². The van der Waals surface area contributed by atoms with Crippen LogP contribution in [0.25, 0.3) is 0 Å². The van der Waals surface area contributed by atoms with E-state index in [1.54, 1.807) is 25.1 Å². The van der Waals surface area contributed by atoms with Crippen LogP contribution in [0.3, 0.4) is 0 Å². The molecule has 0 saturated heterocycles. The van der Waals surface area contributed by atoms with Crippen LogP contribution in [0, 0.1) is 22.1 Å². The molecule has 0 aromatic heterocycles. The first-order valence-corrected chi connectivity index (χ1v) is 7.55. The number of rotatable bonds is 4. The van der Waals surface area contributed by atoms with E-state index >= 15 is 0 Å². The Morgan fingerprint density at radius 1 is 1.15 bits per heavy atom. The van der Waals surface area contributed by atoms with Crippen molar-refractivity contribution < 1.29 is 8.78 Å². The first kappa shape index (κ1) is 15.4. The third-order valence-corrected chi connectivity index (χ3v) is 4.15. The molecule has 0 fully saturated rings. The summed E-state index contributed by atoms with van der Waals surface area (Å²) in [4.78, 5) is 0. The van der Waals surface area contributed by atoms with Crippen molar-refractivity contribution >= 4 is 22.6 Å². The summed E-state index contributed by atoms with van der Waals surface area (Å²) in [5.74, 6) is -0.481. The fourth-order valence-corrected chi connectivity index (χ4v) is 2.92. The Hall–Kier alpha value is -1.01. The number of hydrogen-bond acceptors (Lipinski definition) is 1. The van der Waals surface area contributed by atoms with Gasteiger partial charge in [-0.3, -0.25) is 0 Å². The van der Waals surface area contributed by atoms with Gasteiger partial charge in [0.1, 0.15) is 11.6 Å². The lowest BCUT2D eigenvalue weighted by molar-refractivity contribution is 0.592. The van der Waals surface area contributed by atoms with E-state index in [2.05, 4.69) is 27.9 Å². The molecular weight excluding hydrogens is 371 g/mol. The van der Waals surface area contributed by atoms with Crippen molar-refractivity contribution in [1.29, 1.82) is 0 Å². The number of benzene rings is 2. The zero-order valence-corrected chi connectivity index (χ0v) is 13.5. The fraction of sp³-hybridized carbons (Fsp3) is 0.250. The highest BCUT2D eigenvalue weighted by atomic mass is 127. The maximum Gasteiger partial charge on any atom is 0.126 e. The van der Waals surface area contributed by atoms with Crippen LogP contribution >= 0.6 is 22.6 Å². The van der Waals surface area contributed by atoms with Crippen LogP contribution in [0.4, 0.5) is 8.78 Å². The van der Waals surface area contributed by atoms with Gasteiger partial charge >= 0.3 is 0 Å². The topological polar surface area (TPSA) is 12.0 Å². The van der Waals surface area contributed by atoms with Gasteiger partial charge in [0.05, 0.1) is 6.04 Å². The van der Waals surface area contributed by atoms with E-state index in [0.717, 1.165) is 21.2 Å². The summed E-state index contributed by atoms with van der Waals surface area (Å²) < 4.78 is 27.8. The third kappa shape index (κ3) is 3.35. The van der Waals surface area contributed by atoms with E-state index in [4.69, 9.17) is 0 Å². The highest BCUT2D eigenvalue weighted by Gasteiger charge is 2.17. The Kier molecular flexibility index (Phi) is 5.10. The lowest BCUT2D eigenvalue weighted by Crippen LogP contribution is -2.23. The lowest BCUT2D eigenvalue weighted by atomic mass is 9.97. The minimum Gasteiger partial charge on any atom is -0.306 e. The first-order chi connectivity index (χ1) is 9.52. The van der Waals surface area contributed by atoms with E-state index in [9.17, 15) is 8.78 Å². The molecule has 0 amide bonds. The standard InChI is InChI=1S/C16H16F2IN/c1-3-20-16(11-5-4-10(2)14(18)8-11)13-7-6-12(17)9-15(13)19/h4-9,16,20H,3H2,1-2H3. The van der Waals surface area contributed by atoms with E-state index in [1.807, 2.05) is 13.0 Å². The Balaban J connectivity index is 2.47. The van der Waals surface area contributed by atoms with E-state index in [1.165, 1.54) is 12.1 Å². The van der Waals surface area contributed by atoms with Crippen molar-refractivity contribution in [2.75, 3.05) is 6.54 Å². The van der Waals surface area contributed by atoms with Crippen LogP contribution in [-0.4, -0.2) is 6.54 Å². The van der Waals surface area contributed by atoms with Gasteiger partial charge in [0, 0.05) is 3.57 Å². The average Bonchev–Trinajstić information content (AvgIpc) is 2.40. The second-order valence-electron chi connectivity index (χ2n) is 4.67. The molecule has 0 heterocycles. The van der Waals surface area contributed by atoms with Crippen molar-refractivity contribution in [2.45, 2.75) is 19.9 Å². The summed E-state index contributed by atoms with van der Waals surface area (Å²) in [6.45, 7) is 4.48. The maximum absolute atomic E-state index is 13.8. The van der Waals surface area contributed by atoms with Crippen molar-refractivity contribution in [2.24, 2.45) is 0 Å². The summed E-state index contributed by atoms with van der Waals surface area (Å²) in [7, 11) is 0. The first-order valence-electron chi connectivity index (χ1n) is 6.47. The van der Waals surface area contributed by atoms with Gasteiger partial charge in [-0.2, -0.15) is 0 Å². The normalized spacial score (nSPS) is 12.4. The predicted molar refractivity (Wildman–Crippen MR) is 85.8 cm³/mol. The zero-order valence-electron chi connectivity index (χ0n) is 11.4. The van der Waals surface area contributed by atoms with Crippen LogP contribution < -0.4 is 5.32 Å². The highest BCUT2D eigenvalue weighted by molar-refractivity contribution is 14.1. The van der Waals surface area contributed by atoms with Gasteiger partial charge in [0.25, 0.3) is 0 Å². The van der Waals surface area contributed by atoms with Crippen LogP contribution in [0.5, 0.6) is 0 Å². The summed E-state index contributed by atoms with van der Waals surface area (Å²) in [5, 5.41) is 3.33. The molecule has 1 unspecified atom stereocenters. The van der Waals surface area contributed by atoms with E-state index in [0.29, 0.717) is 5.56 Å². The molecule has 0 bridgehead atoms. The van der Waals surface area contributed by atoms with Crippen molar-refractivity contribution in [3.63, 3.8) is 0 Å². The van der Waals surface area contributed by atoms with Crippen molar-refractivity contribution in [1.82, 2.24) is 5.32 Å². The van der Waals surface area contributed by atoms with Crippen LogP contribution in [-0.2, 0) is 0 Å². The van der Waals surface area contributed by atoms with E-state index in [-0.39, 0.29) is 17.7 Å². The molecule has 0 spiro atoms. The van der Waals surface area contributed by atoms with Gasteiger partial charge in [-0.15, -0.1) is 0 Å². The van der Waals surface area contributed by atoms with Crippen molar-refractivity contribution in [3.05, 3.63) is 68.3 Å². The number of halogens is 3. The van der Waals surface area contributed by atoms with Gasteiger partial charge in [-0.1, -0.05) is 25.1 Å². The minimum atomic E-state index is -0.261. The molecule has 1 N–H and O–H groups in total. The largest absolute Gasteiger partial charge is 0.306 e. The second kappa shape index (κ2) is 6.63. The summed E-state index contributed by atoms with van der Waals surface area (Å²) in [5.41, 5.74) is 2.43. The zero-order chi connectivity index (χ0) is 14.7. The quantitative estimate of drug-likeness (QED) is 0.758. The molecule has 1 atom stereocenters. The van der Waals surface area contributed by atoms with Gasteiger partial charge in [-0.05, 0) is 70.9 Å². The molecule has 0 aliphatic heterocycles. The Bertz CT molecular complexity index is 613. The highest BCUT2D eigenvalue weighted by Crippen LogP contribution is 2.28. The average molecular weight is 387 g/mol. The SMILES string of the molecule is CCNC(c1ccc(C)c(F)c1)c1ccc(F)cc1I. The molecular formula is C16H16F2IN. The second-order valence-corrected chi connectivity index (χ2v) is 5.83. The molecule has 2 aromatic rings. The van der Waals surface area contributed by atoms with Gasteiger partial charge in [-0.25, -0.2) is 8.78 Å². The molecule has 106 valence electrons. The van der Waals surface area contributed by atoms with E-state index < -0.39 is 0 Å². The fourth-order valence-electron chi connectivity index (χ4n) is 2.14. The predicted octanol–water partition coefficient (Wildman–Crippen LogP) is 4.58. The van der Waals surface area contributed by atoms with Gasteiger partial charge in [0.2, 0.25) is 0 Å². The molecule has 0 aliphatic rings. The number of nitrogens with one attached hydrogen (secondary N) is 1. The Morgan fingerprint density at radius 2 is 1.90 bits per heavy atom. The molecule has 0 aliphatic carbocycles. The lowest BCUT2D eigenvalue weighted by Gasteiger charge is -2.21. The van der Waals surface area contributed by atoms with Crippen LogP contribution in [0.1, 0.15) is 29.7 Å². The third-order valence-electron chi connectivity index (χ3n) is 3.21. The number of hydrogen-bond donors (Lipinski definition) is 1. The van der Waals surface area contributed by atoms with Crippen LogP contribution in [0.2, 0.25) is 0 Å². The summed E-state index contributed by atoms with van der Waals surface area (Å²) in [6.07, 6.45) is 0. The number of aryl methyl sites for hydroxylation is 1. The summed E-state index contributed by atoms with van der Waals surface area (Å²) in [6, 6.07) is 9.76. The molecule has 2 rings (SSSR count). The van der Waals surface area contributed by atoms with Crippen molar-refractivity contribution in [3.8, 4) is 0 Å². The Labute approximate surface area is 131 Å². The monoisotopic (exact) mass is 387 g/mol. The molecule has 4 heteroatoms. The Morgan fingerprint density at radius 3 is 2.50 bits per heavy atom. The van der Waals surface area contributed by atoms with Gasteiger partial charge in [0.15, 0.2) is 0 Å². The molecule has 0 radical (unpaired) electrons. The maximum atomic E-state index is 13.8. The molecule has 20 heavy (non-hydrogen) atoms. The smallest absolute Gasteiger partial charge is 0.126 e.